The molecule has 1 fully saturated rings. The highest BCUT2D eigenvalue weighted by atomic mass is 15.3. The number of hydrogen-bond acceptors (Lipinski definition) is 7. The molecule has 0 amide bonds. The Balaban J connectivity index is 1.44. The van der Waals surface area contributed by atoms with Crippen molar-refractivity contribution < 1.29 is 0 Å². The lowest BCUT2D eigenvalue weighted by Crippen LogP contribution is -2.46. The molecule has 0 atom stereocenters. The molecule has 1 N–H and O–H groups in total. The van der Waals surface area contributed by atoms with Gasteiger partial charge in [0.1, 0.15) is 6.07 Å². The van der Waals surface area contributed by atoms with E-state index in [-0.39, 0.29) is 5.82 Å². The zero-order chi connectivity index (χ0) is 19.2. The van der Waals surface area contributed by atoms with E-state index in [2.05, 4.69) is 54.3 Å². The number of nitriles is 1. The first-order chi connectivity index (χ1) is 13.8. The maximum atomic E-state index is 9.30. The standard InChI is InChI=1S/C21H21N7/c22-15-19-24-20(23-18-9-5-2-6-10-18)26-21(25-19)28-13-11-27(12-14-28)16-17-7-3-1-4-8-17/h1-10H,11-14,16H2,(H,23,24,25,26). The van der Waals surface area contributed by atoms with Crippen LogP contribution < -0.4 is 10.2 Å². The predicted octanol–water partition coefficient (Wildman–Crippen LogP) is 2.81. The molecule has 0 aliphatic carbocycles. The Morgan fingerprint density at radius 1 is 0.857 bits per heavy atom. The van der Waals surface area contributed by atoms with Crippen LogP contribution in [0.1, 0.15) is 11.4 Å². The van der Waals surface area contributed by atoms with E-state index in [1.165, 1.54) is 5.56 Å². The SMILES string of the molecule is N#Cc1nc(Nc2ccccc2)nc(N2CCN(Cc3ccccc3)CC2)n1. The topological polar surface area (TPSA) is 81.0 Å². The van der Waals surface area contributed by atoms with Gasteiger partial charge in [0, 0.05) is 38.4 Å². The third kappa shape index (κ3) is 4.42. The summed E-state index contributed by atoms with van der Waals surface area (Å²) in [7, 11) is 0. The lowest BCUT2D eigenvalue weighted by atomic mass is 10.2. The van der Waals surface area contributed by atoms with E-state index in [0.717, 1.165) is 38.4 Å². The summed E-state index contributed by atoms with van der Waals surface area (Å²) < 4.78 is 0. The molecule has 0 bridgehead atoms. The highest BCUT2D eigenvalue weighted by molar-refractivity contribution is 5.54. The third-order valence-corrected chi connectivity index (χ3v) is 4.66. The Morgan fingerprint density at radius 2 is 1.54 bits per heavy atom. The van der Waals surface area contributed by atoms with Gasteiger partial charge in [-0.3, -0.25) is 4.90 Å². The van der Waals surface area contributed by atoms with Crippen molar-refractivity contribution in [1.82, 2.24) is 19.9 Å². The minimum absolute atomic E-state index is 0.121. The maximum Gasteiger partial charge on any atom is 0.238 e. The van der Waals surface area contributed by atoms with E-state index in [1.807, 2.05) is 42.5 Å². The molecular weight excluding hydrogens is 350 g/mol. The molecule has 1 aromatic heterocycles. The molecule has 1 aliphatic rings. The van der Waals surface area contributed by atoms with E-state index in [9.17, 15) is 5.26 Å². The quantitative estimate of drug-likeness (QED) is 0.738. The van der Waals surface area contributed by atoms with Crippen LogP contribution in [0.5, 0.6) is 0 Å². The van der Waals surface area contributed by atoms with Gasteiger partial charge in [-0.1, -0.05) is 48.5 Å². The first kappa shape index (κ1) is 17.9. The number of rotatable bonds is 5. The molecule has 2 aromatic carbocycles. The zero-order valence-corrected chi connectivity index (χ0v) is 15.5. The average Bonchev–Trinajstić information content (AvgIpc) is 2.75. The number of nitrogens with zero attached hydrogens (tertiary/aromatic N) is 6. The second kappa shape index (κ2) is 8.46. The Hall–Kier alpha value is -3.50. The largest absolute Gasteiger partial charge is 0.338 e. The van der Waals surface area contributed by atoms with Crippen LogP contribution in [-0.2, 0) is 6.54 Å². The average molecular weight is 371 g/mol. The molecule has 1 aliphatic heterocycles. The Morgan fingerprint density at radius 3 is 2.21 bits per heavy atom. The van der Waals surface area contributed by atoms with Crippen LogP contribution in [-0.4, -0.2) is 46.0 Å². The molecule has 7 nitrogen and oxygen atoms in total. The maximum absolute atomic E-state index is 9.30. The van der Waals surface area contributed by atoms with E-state index >= 15 is 0 Å². The fourth-order valence-electron chi connectivity index (χ4n) is 3.21. The van der Waals surface area contributed by atoms with Gasteiger partial charge in [0.25, 0.3) is 0 Å². The molecule has 0 radical (unpaired) electrons. The molecule has 0 spiro atoms. The van der Waals surface area contributed by atoms with E-state index in [1.54, 1.807) is 0 Å². The first-order valence-corrected chi connectivity index (χ1v) is 9.29. The van der Waals surface area contributed by atoms with Crippen molar-refractivity contribution in [2.24, 2.45) is 0 Å². The summed E-state index contributed by atoms with van der Waals surface area (Å²) in [6.45, 7) is 4.41. The van der Waals surface area contributed by atoms with Gasteiger partial charge >= 0.3 is 0 Å². The van der Waals surface area contributed by atoms with Crippen LogP contribution in [0, 0.1) is 11.3 Å². The normalized spacial score (nSPS) is 14.5. The van der Waals surface area contributed by atoms with Crippen LogP contribution >= 0.6 is 0 Å². The monoisotopic (exact) mass is 371 g/mol. The van der Waals surface area contributed by atoms with Crippen LogP contribution in [0.3, 0.4) is 0 Å². The van der Waals surface area contributed by atoms with Gasteiger partial charge in [-0.25, -0.2) is 0 Å². The molecule has 4 rings (SSSR count). The molecule has 1 saturated heterocycles. The van der Waals surface area contributed by atoms with Crippen LogP contribution in [0.15, 0.2) is 60.7 Å². The van der Waals surface area contributed by atoms with Gasteiger partial charge < -0.3 is 10.2 Å². The van der Waals surface area contributed by atoms with Crippen molar-refractivity contribution in [1.29, 1.82) is 5.26 Å². The lowest BCUT2D eigenvalue weighted by molar-refractivity contribution is 0.248. The highest BCUT2D eigenvalue weighted by Crippen LogP contribution is 2.17. The number of benzene rings is 2. The van der Waals surface area contributed by atoms with Gasteiger partial charge in [-0.05, 0) is 17.7 Å². The number of anilines is 3. The number of para-hydroxylation sites is 1. The van der Waals surface area contributed by atoms with Crippen molar-refractivity contribution in [3.63, 3.8) is 0 Å². The van der Waals surface area contributed by atoms with Gasteiger partial charge in [-0.2, -0.15) is 20.2 Å². The summed E-state index contributed by atoms with van der Waals surface area (Å²) in [5.74, 6) is 1.05. The van der Waals surface area contributed by atoms with Gasteiger partial charge in [-0.15, -0.1) is 0 Å². The fraction of sp³-hybridized carbons (Fsp3) is 0.238. The second-order valence-electron chi connectivity index (χ2n) is 6.63. The fourth-order valence-corrected chi connectivity index (χ4v) is 3.21. The molecule has 0 saturated carbocycles. The number of aromatic nitrogens is 3. The van der Waals surface area contributed by atoms with Crippen molar-refractivity contribution >= 4 is 17.6 Å². The lowest BCUT2D eigenvalue weighted by Gasteiger charge is -2.34. The molecular formula is C21H21N7. The minimum atomic E-state index is 0.121. The van der Waals surface area contributed by atoms with Crippen LogP contribution in [0.4, 0.5) is 17.6 Å². The van der Waals surface area contributed by atoms with Crippen LogP contribution in [0.2, 0.25) is 0 Å². The van der Waals surface area contributed by atoms with Gasteiger partial charge in [0.2, 0.25) is 17.7 Å². The molecule has 7 heteroatoms. The summed E-state index contributed by atoms with van der Waals surface area (Å²) >= 11 is 0. The van der Waals surface area contributed by atoms with E-state index in [0.29, 0.717) is 11.9 Å². The zero-order valence-electron chi connectivity index (χ0n) is 15.5. The number of nitrogens with one attached hydrogen (secondary N) is 1. The van der Waals surface area contributed by atoms with Crippen molar-refractivity contribution in [2.75, 3.05) is 36.4 Å². The molecule has 3 aromatic rings. The van der Waals surface area contributed by atoms with Gasteiger partial charge in [0.15, 0.2) is 0 Å². The van der Waals surface area contributed by atoms with Crippen molar-refractivity contribution in [3.8, 4) is 6.07 Å². The van der Waals surface area contributed by atoms with E-state index in [4.69, 9.17) is 0 Å². The Bertz CT molecular complexity index is 945. The smallest absolute Gasteiger partial charge is 0.238 e. The molecule has 2 heterocycles. The summed E-state index contributed by atoms with van der Waals surface area (Å²) in [4.78, 5) is 17.6. The third-order valence-electron chi connectivity index (χ3n) is 4.66. The second-order valence-corrected chi connectivity index (χ2v) is 6.63. The number of piperazine rings is 1. The molecule has 28 heavy (non-hydrogen) atoms. The Kier molecular flexibility index (Phi) is 5.41. The predicted molar refractivity (Wildman–Crippen MR) is 108 cm³/mol. The minimum Gasteiger partial charge on any atom is -0.338 e. The van der Waals surface area contributed by atoms with E-state index < -0.39 is 0 Å². The highest BCUT2D eigenvalue weighted by Gasteiger charge is 2.20. The molecule has 140 valence electrons. The summed E-state index contributed by atoms with van der Waals surface area (Å²) in [5.41, 5.74) is 2.19. The Labute approximate surface area is 164 Å². The molecule has 0 unspecified atom stereocenters. The van der Waals surface area contributed by atoms with Crippen molar-refractivity contribution in [3.05, 3.63) is 72.1 Å². The summed E-state index contributed by atoms with van der Waals surface area (Å²) in [6.07, 6.45) is 0. The van der Waals surface area contributed by atoms with Crippen LogP contribution in [0.25, 0.3) is 0 Å². The summed E-state index contributed by atoms with van der Waals surface area (Å²) in [5, 5.41) is 12.4. The first-order valence-electron chi connectivity index (χ1n) is 9.29. The summed E-state index contributed by atoms with van der Waals surface area (Å²) in [6, 6.07) is 22.2. The van der Waals surface area contributed by atoms with Gasteiger partial charge in [0.05, 0.1) is 0 Å². The number of hydrogen-bond donors (Lipinski definition) is 1. The van der Waals surface area contributed by atoms with Crippen molar-refractivity contribution in [2.45, 2.75) is 6.54 Å².